The van der Waals surface area contributed by atoms with Crippen molar-refractivity contribution < 1.29 is 8.42 Å². The molecule has 2 aromatic heterocycles. The second-order valence-electron chi connectivity index (χ2n) is 6.64. The van der Waals surface area contributed by atoms with Gasteiger partial charge in [-0.25, -0.2) is 8.42 Å². The molecule has 0 amide bonds. The lowest BCUT2D eigenvalue weighted by molar-refractivity contribution is 0.379. The molecule has 1 aliphatic rings. The molecule has 8 heteroatoms. The minimum Gasteiger partial charge on any atom is -0.272 e. The molecule has 0 saturated carbocycles. The van der Waals surface area contributed by atoms with Gasteiger partial charge in [0.2, 0.25) is 0 Å². The fourth-order valence-electron chi connectivity index (χ4n) is 3.23. The van der Waals surface area contributed by atoms with Crippen LogP contribution in [0, 0.1) is 5.92 Å². The van der Waals surface area contributed by atoms with E-state index in [1.165, 1.54) is 0 Å². The van der Waals surface area contributed by atoms with Crippen LogP contribution in [-0.2, 0) is 23.4 Å². The van der Waals surface area contributed by atoms with Gasteiger partial charge in [-0.1, -0.05) is 19.1 Å². The number of sulfone groups is 1. The van der Waals surface area contributed by atoms with E-state index >= 15 is 0 Å². The summed E-state index contributed by atoms with van der Waals surface area (Å²) in [6.07, 6.45) is 5.19. The van der Waals surface area contributed by atoms with Gasteiger partial charge in [-0.15, -0.1) is 5.10 Å². The largest absolute Gasteiger partial charge is 0.272 e. The van der Waals surface area contributed by atoms with Crippen molar-refractivity contribution >= 4 is 9.84 Å². The first-order valence-electron chi connectivity index (χ1n) is 7.98. The zero-order valence-corrected chi connectivity index (χ0v) is 14.6. The summed E-state index contributed by atoms with van der Waals surface area (Å²) in [6, 6.07) is 0. The van der Waals surface area contributed by atoms with E-state index in [-0.39, 0.29) is 0 Å². The number of aromatic nitrogens is 5. The van der Waals surface area contributed by atoms with E-state index in [2.05, 4.69) is 29.3 Å². The van der Waals surface area contributed by atoms with Crippen LogP contribution < -0.4 is 0 Å². The first-order valence-corrected chi connectivity index (χ1v) is 9.80. The third kappa shape index (κ3) is 3.46. The highest BCUT2D eigenvalue weighted by atomic mass is 32.2. The molecule has 23 heavy (non-hydrogen) atoms. The van der Waals surface area contributed by atoms with Gasteiger partial charge >= 0.3 is 0 Å². The molecule has 0 bridgehead atoms. The molecular formula is C15H23N5O2S. The van der Waals surface area contributed by atoms with Crippen molar-refractivity contribution in [3.63, 3.8) is 0 Å². The van der Waals surface area contributed by atoms with E-state index in [1.807, 2.05) is 28.8 Å². The molecule has 2 aromatic rings. The van der Waals surface area contributed by atoms with Crippen molar-refractivity contribution in [1.82, 2.24) is 24.8 Å². The molecule has 3 heterocycles. The Bertz CT molecular complexity index is 777. The van der Waals surface area contributed by atoms with Gasteiger partial charge in [0.1, 0.15) is 15.5 Å². The molecule has 1 fully saturated rings. The predicted molar refractivity (Wildman–Crippen MR) is 87.7 cm³/mol. The molecule has 126 valence electrons. The first-order chi connectivity index (χ1) is 10.9. The Labute approximate surface area is 136 Å². The van der Waals surface area contributed by atoms with Gasteiger partial charge in [-0.2, -0.15) is 5.10 Å². The van der Waals surface area contributed by atoms with Crippen molar-refractivity contribution in [1.29, 1.82) is 0 Å². The maximum atomic E-state index is 11.5. The van der Waals surface area contributed by atoms with Gasteiger partial charge in [0, 0.05) is 19.2 Å². The summed E-state index contributed by atoms with van der Waals surface area (Å²) in [7, 11) is -0.878. The normalized spacial score (nSPS) is 18.6. The summed E-state index contributed by atoms with van der Waals surface area (Å²) in [5.74, 6) is 1.29. The fraction of sp³-hybridized carbons (Fsp3) is 0.667. The van der Waals surface area contributed by atoms with Crippen LogP contribution in [-0.4, -0.2) is 44.7 Å². The number of hydrogen-bond acceptors (Lipinski definition) is 5. The molecule has 0 unspecified atom stereocenters. The van der Waals surface area contributed by atoms with Gasteiger partial charge in [0.25, 0.3) is 0 Å². The minimum absolute atomic E-state index is 0.291. The second-order valence-corrected chi connectivity index (χ2v) is 8.95. The van der Waals surface area contributed by atoms with Crippen LogP contribution in [0.1, 0.15) is 38.3 Å². The van der Waals surface area contributed by atoms with Crippen LogP contribution in [0.2, 0.25) is 0 Å². The predicted octanol–water partition coefficient (Wildman–Crippen LogP) is 1.63. The lowest BCUT2D eigenvalue weighted by Gasteiger charge is -2.21. The molecule has 1 aliphatic heterocycles. The lowest BCUT2D eigenvalue weighted by Crippen LogP contribution is -2.26. The molecule has 0 aromatic carbocycles. The zero-order valence-electron chi connectivity index (χ0n) is 13.8. The molecule has 0 atom stereocenters. The van der Waals surface area contributed by atoms with Crippen LogP contribution in [0.5, 0.6) is 0 Å². The maximum Gasteiger partial charge on any atom is 0.150 e. The van der Waals surface area contributed by atoms with Crippen molar-refractivity contribution in [2.45, 2.75) is 39.2 Å². The van der Waals surface area contributed by atoms with Crippen molar-refractivity contribution in [2.24, 2.45) is 13.0 Å². The summed E-state index contributed by atoms with van der Waals surface area (Å²) >= 11 is 0. The van der Waals surface area contributed by atoms with Gasteiger partial charge in [0.05, 0.1) is 29.6 Å². The maximum absolute atomic E-state index is 11.5. The summed E-state index contributed by atoms with van der Waals surface area (Å²) < 4.78 is 26.7. The molecule has 0 spiro atoms. The standard InChI is InChI=1S/C15H23N5O2S/c1-11(2)15-13(8-16-19(15)3)14-10-20(18-17-14)9-12-4-6-23(21,22)7-5-12/h8,10-12H,4-7,9H2,1-3H3. The minimum atomic E-state index is -2.81. The van der Waals surface area contributed by atoms with Gasteiger partial charge in [-0.05, 0) is 24.7 Å². The highest BCUT2D eigenvalue weighted by molar-refractivity contribution is 7.91. The zero-order chi connectivity index (χ0) is 16.6. The van der Waals surface area contributed by atoms with Gasteiger partial charge in [0.15, 0.2) is 0 Å². The molecule has 0 N–H and O–H groups in total. The Hall–Kier alpha value is -1.70. The van der Waals surface area contributed by atoms with Crippen LogP contribution in [0.3, 0.4) is 0 Å². The fourth-order valence-corrected chi connectivity index (χ4v) is 4.82. The molecule has 1 saturated heterocycles. The van der Waals surface area contributed by atoms with Crippen molar-refractivity contribution in [3.05, 3.63) is 18.1 Å². The van der Waals surface area contributed by atoms with Crippen LogP contribution in [0.25, 0.3) is 11.3 Å². The Morgan fingerprint density at radius 3 is 2.65 bits per heavy atom. The topological polar surface area (TPSA) is 82.7 Å². The first kappa shape index (κ1) is 16.2. The smallest absolute Gasteiger partial charge is 0.150 e. The van der Waals surface area contributed by atoms with Gasteiger partial charge < -0.3 is 0 Å². The molecule has 7 nitrogen and oxygen atoms in total. The summed E-state index contributed by atoms with van der Waals surface area (Å²) in [5.41, 5.74) is 2.98. The average molecular weight is 337 g/mol. The summed E-state index contributed by atoms with van der Waals surface area (Å²) in [6.45, 7) is 4.99. The molecule has 3 rings (SSSR count). The molecular weight excluding hydrogens is 314 g/mol. The Balaban J connectivity index is 1.74. The van der Waals surface area contributed by atoms with E-state index in [0.717, 1.165) is 23.5 Å². The molecule has 0 aliphatic carbocycles. The van der Waals surface area contributed by atoms with Crippen LogP contribution >= 0.6 is 0 Å². The highest BCUT2D eigenvalue weighted by Gasteiger charge is 2.24. The van der Waals surface area contributed by atoms with E-state index < -0.39 is 9.84 Å². The third-order valence-corrected chi connectivity index (χ3v) is 6.18. The third-order valence-electron chi connectivity index (χ3n) is 4.47. The number of hydrogen-bond donors (Lipinski definition) is 0. The summed E-state index contributed by atoms with van der Waals surface area (Å²) in [4.78, 5) is 0. The lowest BCUT2D eigenvalue weighted by atomic mass is 10.0. The van der Waals surface area contributed by atoms with E-state index in [9.17, 15) is 8.42 Å². The van der Waals surface area contributed by atoms with E-state index in [4.69, 9.17) is 0 Å². The van der Waals surface area contributed by atoms with Gasteiger partial charge in [-0.3, -0.25) is 9.36 Å². The number of aryl methyl sites for hydroxylation is 1. The van der Waals surface area contributed by atoms with Crippen LogP contribution in [0.15, 0.2) is 12.4 Å². The number of rotatable bonds is 4. The Morgan fingerprint density at radius 1 is 1.30 bits per heavy atom. The summed E-state index contributed by atoms with van der Waals surface area (Å²) in [5, 5.41) is 12.8. The van der Waals surface area contributed by atoms with Crippen LogP contribution in [0.4, 0.5) is 0 Å². The highest BCUT2D eigenvalue weighted by Crippen LogP contribution is 2.27. The number of nitrogens with zero attached hydrogens (tertiary/aromatic N) is 5. The van der Waals surface area contributed by atoms with E-state index in [0.29, 0.717) is 36.2 Å². The Morgan fingerprint density at radius 2 is 2.00 bits per heavy atom. The Kier molecular flexibility index (Phi) is 4.27. The monoisotopic (exact) mass is 337 g/mol. The SMILES string of the molecule is CC(C)c1c(-c2cn(CC3CCS(=O)(=O)CC3)nn2)cnn1C. The molecule has 0 radical (unpaired) electrons. The quantitative estimate of drug-likeness (QED) is 0.847. The van der Waals surface area contributed by atoms with Crippen molar-refractivity contribution in [3.8, 4) is 11.3 Å². The average Bonchev–Trinajstić information content (AvgIpc) is 3.07. The second kappa shape index (κ2) is 6.07. The van der Waals surface area contributed by atoms with E-state index in [1.54, 1.807) is 0 Å². The van der Waals surface area contributed by atoms with Crippen molar-refractivity contribution in [2.75, 3.05) is 11.5 Å².